The van der Waals surface area contributed by atoms with Crippen molar-refractivity contribution in [2.45, 2.75) is 31.6 Å². The summed E-state index contributed by atoms with van der Waals surface area (Å²) in [6.45, 7) is 3.10. The molecule has 6 rings (SSSR count). The minimum atomic E-state index is -0.189. The van der Waals surface area contributed by atoms with Gasteiger partial charge in [0.15, 0.2) is 11.5 Å². The molecular weight excluding hydrogens is 433 g/mol. The first-order valence-electron chi connectivity index (χ1n) is 11.7. The molecule has 7 heteroatoms. The van der Waals surface area contributed by atoms with E-state index in [4.69, 9.17) is 9.47 Å². The molecule has 34 heavy (non-hydrogen) atoms. The van der Waals surface area contributed by atoms with Crippen molar-refractivity contribution < 1.29 is 18.7 Å². The van der Waals surface area contributed by atoms with Crippen molar-refractivity contribution in [3.63, 3.8) is 0 Å². The molecule has 0 aromatic heterocycles. The largest absolute Gasteiger partial charge is 0.454 e. The van der Waals surface area contributed by atoms with Crippen LogP contribution in [0, 0.1) is 5.82 Å². The summed E-state index contributed by atoms with van der Waals surface area (Å²) in [4.78, 5) is 15.1. The van der Waals surface area contributed by atoms with E-state index in [-0.39, 0.29) is 18.5 Å². The Bertz CT molecular complexity index is 1250. The first-order valence-corrected chi connectivity index (χ1v) is 11.7. The number of hydrogen-bond acceptors (Lipinski definition) is 5. The zero-order valence-electron chi connectivity index (χ0n) is 18.7. The fourth-order valence-corrected chi connectivity index (χ4v) is 5.19. The molecule has 0 saturated carbocycles. The number of amides is 1. The molecule has 0 radical (unpaired) electrons. The second-order valence-corrected chi connectivity index (χ2v) is 9.14. The smallest absolute Gasteiger partial charge is 0.251 e. The van der Waals surface area contributed by atoms with Crippen LogP contribution in [0.15, 0.2) is 60.7 Å². The minimum absolute atomic E-state index is 0.170. The van der Waals surface area contributed by atoms with E-state index in [1.54, 1.807) is 24.3 Å². The number of carbonyl (C=O) groups excluding carboxylic acids is 1. The summed E-state index contributed by atoms with van der Waals surface area (Å²) >= 11 is 0. The van der Waals surface area contributed by atoms with E-state index in [1.165, 1.54) is 0 Å². The fourth-order valence-electron chi connectivity index (χ4n) is 5.19. The monoisotopic (exact) mass is 459 g/mol. The minimum Gasteiger partial charge on any atom is -0.454 e. The summed E-state index contributed by atoms with van der Waals surface area (Å²) in [5.41, 5.74) is 4.13. The topological polar surface area (TPSA) is 62.8 Å². The SMILES string of the molecule is O=C(NCc1ccccc1-c1ccc(F)c(CN2C[C@@H]3C[C@H]2CN3)c1)c1ccc2c(c1)OCO2. The van der Waals surface area contributed by atoms with E-state index in [0.717, 1.165) is 36.2 Å². The molecule has 6 nitrogen and oxygen atoms in total. The predicted octanol–water partition coefficient (Wildman–Crippen LogP) is 3.70. The van der Waals surface area contributed by atoms with E-state index in [1.807, 2.05) is 36.4 Å². The zero-order chi connectivity index (χ0) is 23.1. The molecule has 3 aromatic rings. The number of fused-ring (bicyclic) bond motifs is 3. The van der Waals surface area contributed by atoms with Gasteiger partial charge in [-0.15, -0.1) is 0 Å². The summed E-state index contributed by atoms with van der Waals surface area (Å²) in [5, 5.41) is 6.49. The van der Waals surface area contributed by atoms with Crippen molar-refractivity contribution >= 4 is 5.91 Å². The highest BCUT2D eigenvalue weighted by Gasteiger charge is 2.37. The van der Waals surface area contributed by atoms with E-state index in [0.29, 0.717) is 47.8 Å². The van der Waals surface area contributed by atoms with Crippen LogP contribution >= 0.6 is 0 Å². The van der Waals surface area contributed by atoms with Crippen LogP contribution in [0.3, 0.4) is 0 Å². The van der Waals surface area contributed by atoms with Crippen molar-refractivity contribution in [2.24, 2.45) is 0 Å². The van der Waals surface area contributed by atoms with E-state index >= 15 is 0 Å². The molecule has 0 aliphatic carbocycles. The summed E-state index contributed by atoms with van der Waals surface area (Å²) in [7, 11) is 0. The maximum atomic E-state index is 14.7. The van der Waals surface area contributed by atoms with Crippen LogP contribution in [0.2, 0.25) is 0 Å². The van der Waals surface area contributed by atoms with Gasteiger partial charge in [-0.1, -0.05) is 30.3 Å². The third-order valence-electron chi connectivity index (χ3n) is 6.99. The quantitative estimate of drug-likeness (QED) is 0.589. The molecule has 3 aliphatic heterocycles. The second kappa shape index (κ2) is 8.74. The van der Waals surface area contributed by atoms with E-state index in [2.05, 4.69) is 15.5 Å². The number of nitrogens with zero attached hydrogens (tertiary/aromatic N) is 1. The molecule has 174 valence electrons. The second-order valence-electron chi connectivity index (χ2n) is 9.14. The lowest BCUT2D eigenvalue weighted by Gasteiger charge is -2.27. The summed E-state index contributed by atoms with van der Waals surface area (Å²) < 4.78 is 25.4. The van der Waals surface area contributed by atoms with Gasteiger partial charge in [-0.2, -0.15) is 0 Å². The van der Waals surface area contributed by atoms with Gasteiger partial charge in [0, 0.05) is 49.4 Å². The Morgan fingerprint density at radius 3 is 2.79 bits per heavy atom. The first-order chi connectivity index (χ1) is 16.6. The van der Waals surface area contributed by atoms with Crippen LogP contribution in [-0.4, -0.2) is 42.8 Å². The lowest BCUT2D eigenvalue weighted by Crippen LogP contribution is -2.43. The standard InChI is InChI=1S/C27H26FN3O3/c28-24-7-5-17(9-20(24)14-31-15-21-11-22(31)13-29-21)23-4-2-1-3-19(23)12-30-27(32)18-6-8-25-26(10-18)34-16-33-25/h1-10,21-22,29H,11-16H2,(H,30,32)/t21-,22-/m0/s1. The van der Waals surface area contributed by atoms with Gasteiger partial charge in [-0.25, -0.2) is 4.39 Å². The summed E-state index contributed by atoms with van der Waals surface area (Å²) in [6.07, 6.45) is 1.15. The van der Waals surface area contributed by atoms with Gasteiger partial charge in [0.25, 0.3) is 5.91 Å². The lowest BCUT2D eigenvalue weighted by atomic mass is 9.97. The molecule has 3 aliphatic rings. The normalized spacial score (nSPS) is 20.6. The van der Waals surface area contributed by atoms with E-state index in [9.17, 15) is 9.18 Å². The average molecular weight is 460 g/mol. The van der Waals surface area contributed by atoms with Gasteiger partial charge in [-0.05, 0) is 53.4 Å². The molecular formula is C27H26FN3O3. The molecule has 3 aromatic carbocycles. The fraction of sp³-hybridized carbons (Fsp3) is 0.296. The Kier molecular flexibility index (Phi) is 5.43. The van der Waals surface area contributed by atoms with Gasteiger partial charge in [0.2, 0.25) is 6.79 Å². The zero-order valence-corrected chi connectivity index (χ0v) is 18.7. The molecule has 2 atom stereocenters. The number of carbonyl (C=O) groups is 1. The number of halogens is 1. The summed E-state index contributed by atoms with van der Waals surface area (Å²) in [5.74, 6) is 0.861. The van der Waals surface area contributed by atoms with Crippen LogP contribution in [0.25, 0.3) is 11.1 Å². The first kappa shape index (κ1) is 21.1. The Labute approximate surface area is 197 Å². The van der Waals surface area contributed by atoms with Crippen molar-refractivity contribution in [1.29, 1.82) is 0 Å². The number of hydrogen-bond donors (Lipinski definition) is 2. The van der Waals surface area contributed by atoms with Crippen LogP contribution in [0.1, 0.15) is 27.9 Å². The summed E-state index contributed by atoms with van der Waals surface area (Å²) in [6, 6.07) is 19.4. The molecule has 0 unspecified atom stereocenters. The maximum Gasteiger partial charge on any atom is 0.251 e. The maximum absolute atomic E-state index is 14.7. The molecule has 1 amide bonds. The van der Waals surface area contributed by atoms with Gasteiger partial charge in [0.1, 0.15) is 5.82 Å². The number of ether oxygens (including phenoxy) is 2. The molecule has 2 fully saturated rings. The number of nitrogens with one attached hydrogen (secondary N) is 2. The Hall–Kier alpha value is -3.42. The number of piperazine rings is 1. The van der Waals surface area contributed by atoms with Gasteiger partial charge >= 0.3 is 0 Å². The van der Waals surface area contributed by atoms with Crippen molar-refractivity contribution in [1.82, 2.24) is 15.5 Å². The highest BCUT2D eigenvalue weighted by molar-refractivity contribution is 5.95. The number of likely N-dealkylation sites (tertiary alicyclic amines) is 1. The third-order valence-corrected chi connectivity index (χ3v) is 6.99. The van der Waals surface area contributed by atoms with Crippen molar-refractivity contribution in [3.8, 4) is 22.6 Å². The highest BCUT2D eigenvalue weighted by Crippen LogP contribution is 2.33. The third kappa shape index (κ3) is 4.02. The number of benzene rings is 3. The molecule has 2 N–H and O–H groups in total. The van der Waals surface area contributed by atoms with Gasteiger partial charge < -0.3 is 20.1 Å². The van der Waals surface area contributed by atoms with Crippen LogP contribution < -0.4 is 20.1 Å². The number of rotatable bonds is 6. The average Bonchev–Trinajstić information content (AvgIpc) is 3.61. The van der Waals surface area contributed by atoms with Gasteiger partial charge in [-0.3, -0.25) is 9.69 Å². The molecule has 0 spiro atoms. The Morgan fingerprint density at radius 2 is 1.94 bits per heavy atom. The molecule has 3 heterocycles. The predicted molar refractivity (Wildman–Crippen MR) is 126 cm³/mol. The van der Waals surface area contributed by atoms with Crippen molar-refractivity contribution in [2.75, 3.05) is 19.9 Å². The van der Waals surface area contributed by atoms with Gasteiger partial charge in [0.05, 0.1) is 0 Å². The van der Waals surface area contributed by atoms with Crippen LogP contribution in [0.4, 0.5) is 4.39 Å². The van der Waals surface area contributed by atoms with E-state index < -0.39 is 0 Å². The lowest BCUT2D eigenvalue weighted by molar-refractivity contribution is 0.0950. The highest BCUT2D eigenvalue weighted by atomic mass is 19.1. The van der Waals surface area contributed by atoms with Crippen LogP contribution in [0.5, 0.6) is 11.5 Å². The van der Waals surface area contributed by atoms with Crippen molar-refractivity contribution in [3.05, 3.63) is 83.2 Å². The Balaban J connectivity index is 1.19. The molecule has 2 saturated heterocycles. The Morgan fingerprint density at radius 1 is 1.06 bits per heavy atom. The molecule has 2 bridgehead atoms. The van der Waals surface area contributed by atoms with Crippen LogP contribution in [-0.2, 0) is 13.1 Å².